The highest BCUT2D eigenvalue weighted by Gasteiger charge is 2.39. The summed E-state index contributed by atoms with van der Waals surface area (Å²) in [6, 6.07) is 14.6. The van der Waals surface area contributed by atoms with E-state index in [9.17, 15) is 9.59 Å². The summed E-state index contributed by atoms with van der Waals surface area (Å²) in [5.41, 5.74) is 2.42. The van der Waals surface area contributed by atoms with Crippen LogP contribution >= 0.6 is 11.6 Å². The Balaban J connectivity index is 1.52. The van der Waals surface area contributed by atoms with Crippen molar-refractivity contribution in [1.82, 2.24) is 4.90 Å². The zero-order chi connectivity index (χ0) is 22.0. The van der Waals surface area contributed by atoms with E-state index in [1.807, 2.05) is 31.2 Å². The van der Waals surface area contributed by atoms with Crippen molar-refractivity contribution in [1.29, 1.82) is 0 Å². The van der Waals surface area contributed by atoms with Gasteiger partial charge >= 0.3 is 0 Å². The van der Waals surface area contributed by atoms with Crippen molar-refractivity contribution in [3.63, 3.8) is 0 Å². The molecule has 1 fully saturated rings. The largest absolute Gasteiger partial charge is 0.494 e. The van der Waals surface area contributed by atoms with E-state index < -0.39 is 11.8 Å². The summed E-state index contributed by atoms with van der Waals surface area (Å²) in [6.45, 7) is 9.69. The Labute approximate surface area is 187 Å². The fourth-order valence-electron chi connectivity index (χ4n) is 4.01. The highest BCUT2D eigenvalue weighted by molar-refractivity contribution is 6.60. The summed E-state index contributed by atoms with van der Waals surface area (Å²) in [5.74, 6) is -0.213. The summed E-state index contributed by atoms with van der Waals surface area (Å²) < 4.78 is 5.44. The SMILES string of the molecule is CCOc1ccc(C2=C(Cl)C(=O)N(c3ccc(N4CCN(CC)CC4)cc3)C2=O)cc1. The van der Waals surface area contributed by atoms with E-state index in [2.05, 4.69) is 16.7 Å². The van der Waals surface area contributed by atoms with Gasteiger partial charge in [-0.2, -0.15) is 0 Å². The molecule has 0 saturated carbocycles. The number of carbonyl (C=O) groups excluding carboxylic acids is 2. The van der Waals surface area contributed by atoms with Crippen molar-refractivity contribution in [3.8, 4) is 5.75 Å². The minimum atomic E-state index is -0.500. The van der Waals surface area contributed by atoms with Gasteiger partial charge < -0.3 is 14.5 Å². The van der Waals surface area contributed by atoms with Gasteiger partial charge in [0.15, 0.2) is 0 Å². The molecule has 2 amide bonds. The summed E-state index contributed by atoms with van der Waals surface area (Å²) in [6.07, 6.45) is 0. The molecule has 0 atom stereocenters. The molecule has 4 rings (SSSR count). The number of carbonyl (C=O) groups is 2. The molecule has 0 aromatic heterocycles. The van der Waals surface area contributed by atoms with E-state index in [1.54, 1.807) is 24.3 Å². The topological polar surface area (TPSA) is 53.1 Å². The van der Waals surface area contributed by atoms with Crippen molar-refractivity contribution < 1.29 is 14.3 Å². The van der Waals surface area contributed by atoms with Gasteiger partial charge in [-0.25, -0.2) is 4.90 Å². The van der Waals surface area contributed by atoms with Crippen LogP contribution in [0.4, 0.5) is 11.4 Å². The Hall–Kier alpha value is -2.83. The maximum Gasteiger partial charge on any atom is 0.277 e. The molecular formula is C24H26ClN3O3. The third-order valence-corrected chi connectivity index (χ3v) is 6.12. The lowest BCUT2D eigenvalue weighted by Gasteiger charge is -2.35. The summed E-state index contributed by atoms with van der Waals surface area (Å²) in [5, 5.41) is -0.0612. The maximum atomic E-state index is 13.1. The van der Waals surface area contributed by atoms with Crippen molar-refractivity contribution in [2.24, 2.45) is 0 Å². The minimum absolute atomic E-state index is 0.0612. The van der Waals surface area contributed by atoms with Crippen LogP contribution in [0.1, 0.15) is 19.4 Å². The van der Waals surface area contributed by atoms with Gasteiger partial charge in [-0.05, 0) is 55.4 Å². The molecule has 0 radical (unpaired) electrons. The van der Waals surface area contributed by atoms with E-state index in [1.165, 1.54) is 0 Å². The van der Waals surface area contributed by atoms with Gasteiger partial charge in [0.05, 0.1) is 17.9 Å². The molecule has 0 bridgehead atoms. The van der Waals surface area contributed by atoms with E-state index >= 15 is 0 Å². The molecular weight excluding hydrogens is 414 g/mol. The highest BCUT2D eigenvalue weighted by atomic mass is 35.5. The maximum absolute atomic E-state index is 13.1. The van der Waals surface area contributed by atoms with Crippen molar-refractivity contribution in [2.75, 3.05) is 49.1 Å². The van der Waals surface area contributed by atoms with Crippen LogP contribution in [0.2, 0.25) is 0 Å². The zero-order valence-corrected chi connectivity index (χ0v) is 18.6. The van der Waals surface area contributed by atoms with E-state index in [4.69, 9.17) is 16.3 Å². The lowest BCUT2D eigenvalue weighted by molar-refractivity contribution is -0.119. The van der Waals surface area contributed by atoms with Crippen LogP contribution in [-0.2, 0) is 9.59 Å². The minimum Gasteiger partial charge on any atom is -0.494 e. The number of amides is 2. The first kappa shape index (κ1) is 21.4. The lowest BCUT2D eigenvalue weighted by atomic mass is 10.1. The standard InChI is InChI=1S/C24H26ClN3O3/c1-3-26-13-15-27(16-14-26)18-7-9-19(10-8-18)28-23(29)21(22(25)24(28)30)17-5-11-20(12-6-17)31-4-2/h5-12H,3-4,13-16H2,1-2H3. The number of halogens is 1. The second-order valence-corrected chi connectivity index (χ2v) is 7.91. The van der Waals surface area contributed by atoms with Crippen LogP contribution in [0.25, 0.3) is 5.57 Å². The van der Waals surface area contributed by atoms with Gasteiger partial charge in [0.1, 0.15) is 10.8 Å². The number of nitrogens with zero attached hydrogens (tertiary/aromatic N) is 3. The van der Waals surface area contributed by atoms with Gasteiger partial charge in [-0.3, -0.25) is 9.59 Å². The monoisotopic (exact) mass is 439 g/mol. The number of anilines is 2. The molecule has 2 aromatic rings. The first-order chi connectivity index (χ1) is 15.0. The number of hydrogen-bond donors (Lipinski definition) is 0. The van der Waals surface area contributed by atoms with Gasteiger partial charge in [-0.1, -0.05) is 30.7 Å². The predicted octanol–water partition coefficient (Wildman–Crippen LogP) is 3.75. The first-order valence-electron chi connectivity index (χ1n) is 10.6. The second kappa shape index (κ2) is 9.12. The molecule has 1 saturated heterocycles. The normalized spacial score (nSPS) is 17.6. The molecule has 7 heteroatoms. The molecule has 0 spiro atoms. The van der Waals surface area contributed by atoms with Crippen molar-refractivity contribution in [3.05, 3.63) is 59.1 Å². The van der Waals surface area contributed by atoms with Gasteiger partial charge in [0, 0.05) is 31.9 Å². The molecule has 2 aliphatic rings. The average molecular weight is 440 g/mol. The molecule has 0 N–H and O–H groups in total. The molecule has 2 heterocycles. The number of piperazine rings is 1. The third kappa shape index (κ3) is 4.18. The molecule has 31 heavy (non-hydrogen) atoms. The molecule has 2 aromatic carbocycles. The molecule has 2 aliphatic heterocycles. The van der Waals surface area contributed by atoms with Gasteiger partial charge in [0.25, 0.3) is 11.8 Å². The molecule has 6 nitrogen and oxygen atoms in total. The Morgan fingerprint density at radius 3 is 2.03 bits per heavy atom. The fourth-order valence-corrected chi connectivity index (χ4v) is 4.28. The molecule has 0 aliphatic carbocycles. The number of benzene rings is 2. The number of rotatable bonds is 6. The van der Waals surface area contributed by atoms with Crippen LogP contribution in [0.3, 0.4) is 0 Å². The lowest BCUT2D eigenvalue weighted by Crippen LogP contribution is -2.46. The summed E-state index contributed by atoms with van der Waals surface area (Å²) in [4.78, 5) is 31.8. The van der Waals surface area contributed by atoms with Crippen molar-refractivity contribution in [2.45, 2.75) is 13.8 Å². The van der Waals surface area contributed by atoms with Crippen LogP contribution in [-0.4, -0.2) is 56.0 Å². The Kier molecular flexibility index (Phi) is 6.30. The second-order valence-electron chi connectivity index (χ2n) is 7.53. The predicted molar refractivity (Wildman–Crippen MR) is 124 cm³/mol. The Morgan fingerprint density at radius 1 is 0.839 bits per heavy atom. The summed E-state index contributed by atoms with van der Waals surface area (Å²) >= 11 is 6.31. The zero-order valence-electron chi connectivity index (χ0n) is 17.8. The van der Waals surface area contributed by atoms with E-state index in [0.717, 1.165) is 43.3 Å². The van der Waals surface area contributed by atoms with E-state index in [0.29, 0.717) is 23.6 Å². The van der Waals surface area contributed by atoms with Crippen molar-refractivity contribution >= 4 is 40.4 Å². The average Bonchev–Trinajstić information content (AvgIpc) is 3.03. The highest BCUT2D eigenvalue weighted by Crippen LogP contribution is 2.36. The third-order valence-electron chi connectivity index (χ3n) is 5.77. The number of imide groups is 1. The van der Waals surface area contributed by atoms with E-state index in [-0.39, 0.29) is 10.6 Å². The Morgan fingerprint density at radius 2 is 1.45 bits per heavy atom. The molecule has 0 unspecified atom stereocenters. The number of ether oxygens (including phenoxy) is 1. The quantitative estimate of drug-likeness (QED) is 0.641. The van der Waals surface area contributed by atoms with Gasteiger partial charge in [0.2, 0.25) is 0 Å². The van der Waals surface area contributed by atoms with Crippen LogP contribution < -0.4 is 14.5 Å². The van der Waals surface area contributed by atoms with Crippen LogP contribution in [0.5, 0.6) is 5.75 Å². The fraction of sp³-hybridized carbons (Fsp3) is 0.333. The molecule has 162 valence electrons. The first-order valence-corrected chi connectivity index (χ1v) is 11.0. The number of hydrogen-bond acceptors (Lipinski definition) is 5. The van der Waals surface area contributed by atoms with Crippen LogP contribution in [0, 0.1) is 0 Å². The smallest absolute Gasteiger partial charge is 0.277 e. The number of likely N-dealkylation sites (N-methyl/N-ethyl adjacent to an activating group) is 1. The van der Waals surface area contributed by atoms with Crippen LogP contribution in [0.15, 0.2) is 53.6 Å². The Bertz CT molecular complexity index is 994. The van der Waals surface area contributed by atoms with Gasteiger partial charge in [-0.15, -0.1) is 0 Å². The summed E-state index contributed by atoms with van der Waals surface area (Å²) in [7, 11) is 0.